The first-order valence-electron chi connectivity index (χ1n) is 13.4. The zero-order valence-corrected chi connectivity index (χ0v) is 23.3. The number of hydrogen-bond donors (Lipinski definition) is 2. The molecule has 224 valence electrons. The second-order valence-corrected chi connectivity index (χ2v) is 10.1. The number of halogens is 4. The SMILES string of the molecule is CC(N)c1ccc(COc2cccc(C#Cc3ccc(C(F)(F)C(O)(Cn4cnnn4)c4ccc(F)cc4F)nc3)c2)cc1. The van der Waals surface area contributed by atoms with Crippen LogP contribution in [0.5, 0.6) is 5.75 Å². The Balaban J connectivity index is 1.34. The summed E-state index contributed by atoms with van der Waals surface area (Å²) in [4.78, 5) is 3.83. The average molecular weight is 603 g/mol. The van der Waals surface area contributed by atoms with Crippen LogP contribution >= 0.6 is 0 Å². The molecule has 0 saturated heterocycles. The van der Waals surface area contributed by atoms with Crippen LogP contribution < -0.4 is 10.5 Å². The summed E-state index contributed by atoms with van der Waals surface area (Å²) in [7, 11) is 0. The molecule has 0 aliphatic heterocycles. The molecular formula is C32H26F4N6O2. The number of tetrazole rings is 1. The largest absolute Gasteiger partial charge is 0.489 e. The number of nitrogens with zero attached hydrogens (tertiary/aromatic N) is 5. The predicted octanol–water partition coefficient (Wildman–Crippen LogP) is 5.02. The minimum Gasteiger partial charge on any atom is -0.489 e. The van der Waals surface area contributed by atoms with Crippen molar-refractivity contribution in [3.8, 4) is 17.6 Å². The lowest BCUT2D eigenvalue weighted by Gasteiger charge is -2.35. The molecule has 3 aromatic carbocycles. The highest BCUT2D eigenvalue weighted by Gasteiger charge is 2.58. The quantitative estimate of drug-likeness (QED) is 0.180. The zero-order chi connectivity index (χ0) is 31.3. The lowest BCUT2D eigenvalue weighted by molar-refractivity contribution is -0.207. The van der Waals surface area contributed by atoms with Crippen LogP contribution in [0.25, 0.3) is 0 Å². The van der Waals surface area contributed by atoms with E-state index in [9.17, 15) is 13.9 Å². The van der Waals surface area contributed by atoms with Gasteiger partial charge in [0.05, 0.1) is 6.54 Å². The summed E-state index contributed by atoms with van der Waals surface area (Å²) in [6, 6.07) is 19.0. The third-order valence-corrected chi connectivity index (χ3v) is 6.86. The maximum absolute atomic E-state index is 15.9. The van der Waals surface area contributed by atoms with Crippen molar-refractivity contribution in [3.63, 3.8) is 0 Å². The number of nitrogens with two attached hydrogens (primary N) is 1. The molecule has 2 atom stereocenters. The molecule has 0 fully saturated rings. The van der Waals surface area contributed by atoms with Gasteiger partial charge in [0.2, 0.25) is 0 Å². The number of aliphatic hydroxyl groups is 1. The smallest absolute Gasteiger partial charge is 0.323 e. The van der Waals surface area contributed by atoms with Crippen molar-refractivity contribution in [2.45, 2.75) is 37.6 Å². The molecule has 0 aliphatic rings. The number of benzene rings is 3. The summed E-state index contributed by atoms with van der Waals surface area (Å²) < 4.78 is 66.8. The lowest BCUT2D eigenvalue weighted by Crippen LogP contribution is -2.48. The summed E-state index contributed by atoms with van der Waals surface area (Å²) in [5.74, 6) is -0.133. The van der Waals surface area contributed by atoms with Crippen LogP contribution in [-0.4, -0.2) is 30.3 Å². The Hall–Kier alpha value is -5.12. The number of aromatic nitrogens is 5. The minimum absolute atomic E-state index is 0.0551. The second kappa shape index (κ2) is 12.6. The molecule has 0 amide bonds. The number of hydrogen-bond acceptors (Lipinski definition) is 7. The van der Waals surface area contributed by atoms with E-state index in [1.807, 2.05) is 31.2 Å². The Labute approximate surface area is 250 Å². The van der Waals surface area contributed by atoms with Crippen molar-refractivity contribution < 1.29 is 27.4 Å². The van der Waals surface area contributed by atoms with Crippen LogP contribution in [0.3, 0.4) is 0 Å². The monoisotopic (exact) mass is 602 g/mol. The van der Waals surface area contributed by atoms with Gasteiger partial charge in [-0.2, -0.15) is 8.78 Å². The van der Waals surface area contributed by atoms with E-state index in [1.165, 1.54) is 6.07 Å². The Morgan fingerprint density at radius 3 is 2.41 bits per heavy atom. The fourth-order valence-corrected chi connectivity index (χ4v) is 4.42. The van der Waals surface area contributed by atoms with E-state index in [2.05, 4.69) is 32.4 Å². The van der Waals surface area contributed by atoms with E-state index in [-0.39, 0.29) is 6.04 Å². The van der Waals surface area contributed by atoms with Gasteiger partial charge in [0.25, 0.3) is 0 Å². The van der Waals surface area contributed by atoms with Gasteiger partial charge in [-0.1, -0.05) is 42.2 Å². The molecule has 2 heterocycles. The number of rotatable bonds is 9. The fourth-order valence-electron chi connectivity index (χ4n) is 4.42. The van der Waals surface area contributed by atoms with Gasteiger partial charge >= 0.3 is 5.92 Å². The first kappa shape index (κ1) is 30.3. The first-order valence-corrected chi connectivity index (χ1v) is 13.4. The van der Waals surface area contributed by atoms with Crippen LogP contribution in [0.2, 0.25) is 0 Å². The van der Waals surface area contributed by atoms with Crippen molar-refractivity contribution in [1.29, 1.82) is 0 Å². The highest BCUT2D eigenvalue weighted by molar-refractivity contribution is 5.45. The lowest BCUT2D eigenvalue weighted by atomic mass is 9.84. The van der Waals surface area contributed by atoms with Crippen molar-refractivity contribution >= 4 is 0 Å². The van der Waals surface area contributed by atoms with Gasteiger partial charge in [0.1, 0.15) is 36.0 Å². The van der Waals surface area contributed by atoms with Gasteiger partial charge < -0.3 is 15.6 Å². The van der Waals surface area contributed by atoms with E-state index in [4.69, 9.17) is 10.5 Å². The van der Waals surface area contributed by atoms with Gasteiger partial charge in [0, 0.05) is 35.0 Å². The van der Waals surface area contributed by atoms with E-state index in [0.717, 1.165) is 46.5 Å². The van der Waals surface area contributed by atoms with Gasteiger partial charge in [-0.05, 0) is 70.9 Å². The summed E-state index contributed by atoms with van der Waals surface area (Å²) in [6.45, 7) is 1.31. The van der Waals surface area contributed by atoms with Gasteiger partial charge in [0.15, 0.2) is 5.60 Å². The zero-order valence-electron chi connectivity index (χ0n) is 23.3. The third kappa shape index (κ3) is 6.59. The predicted molar refractivity (Wildman–Crippen MR) is 152 cm³/mol. The van der Waals surface area contributed by atoms with E-state index >= 15 is 8.78 Å². The first-order chi connectivity index (χ1) is 21.0. The van der Waals surface area contributed by atoms with Crippen LogP contribution in [0.15, 0.2) is 91.4 Å². The molecule has 3 N–H and O–H groups in total. The third-order valence-electron chi connectivity index (χ3n) is 6.86. The maximum Gasteiger partial charge on any atom is 0.323 e. The van der Waals surface area contributed by atoms with Crippen LogP contribution in [0.1, 0.15) is 46.5 Å². The van der Waals surface area contributed by atoms with Gasteiger partial charge in [-0.25, -0.2) is 13.5 Å². The molecule has 0 bridgehead atoms. The second-order valence-electron chi connectivity index (χ2n) is 10.1. The molecule has 44 heavy (non-hydrogen) atoms. The molecule has 5 rings (SSSR count). The molecule has 2 unspecified atom stereocenters. The molecule has 0 saturated carbocycles. The number of alkyl halides is 2. The minimum atomic E-state index is -4.17. The highest BCUT2D eigenvalue weighted by Crippen LogP contribution is 2.46. The fraction of sp³-hybridized carbons (Fsp3) is 0.188. The van der Waals surface area contributed by atoms with Crippen LogP contribution in [-0.2, 0) is 24.7 Å². The molecular weight excluding hydrogens is 576 g/mol. The summed E-state index contributed by atoms with van der Waals surface area (Å²) in [5.41, 5.74) is 3.86. The average Bonchev–Trinajstić information content (AvgIpc) is 3.52. The van der Waals surface area contributed by atoms with Crippen molar-refractivity contribution in [2.75, 3.05) is 0 Å². The topological polar surface area (TPSA) is 112 Å². The number of ether oxygens (including phenoxy) is 1. The van der Waals surface area contributed by atoms with Gasteiger partial charge in [-0.15, -0.1) is 5.10 Å². The molecule has 0 radical (unpaired) electrons. The van der Waals surface area contributed by atoms with E-state index in [1.54, 1.807) is 24.3 Å². The van der Waals surface area contributed by atoms with Crippen molar-refractivity contribution in [1.82, 2.24) is 25.2 Å². The van der Waals surface area contributed by atoms with Crippen LogP contribution in [0.4, 0.5) is 17.6 Å². The molecule has 8 nitrogen and oxygen atoms in total. The molecule has 5 aromatic rings. The Kier molecular flexibility index (Phi) is 8.71. The summed E-state index contributed by atoms with van der Waals surface area (Å²) in [5, 5.41) is 21.5. The summed E-state index contributed by atoms with van der Waals surface area (Å²) >= 11 is 0. The van der Waals surface area contributed by atoms with E-state index < -0.39 is 41.0 Å². The maximum atomic E-state index is 15.9. The van der Waals surface area contributed by atoms with Crippen molar-refractivity contribution in [2.24, 2.45) is 5.73 Å². The molecule has 2 aromatic heterocycles. The molecule has 0 aliphatic carbocycles. The normalized spacial score (nSPS) is 13.4. The Bertz CT molecular complexity index is 1790. The Morgan fingerprint density at radius 1 is 0.977 bits per heavy atom. The van der Waals surface area contributed by atoms with Crippen LogP contribution in [0, 0.1) is 23.5 Å². The number of pyridine rings is 1. The van der Waals surface area contributed by atoms with E-state index in [0.29, 0.717) is 29.5 Å². The molecule has 12 heteroatoms. The highest BCUT2D eigenvalue weighted by atomic mass is 19.3. The molecule has 0 spiro atoms. The van der Waals surface area contributed by atoms with Crippen molar-refractivity contribution in [3.05, 3.63) is 137 Å². The Morgan fingerprint density at radius 2 is 1.75 bits per heavy atom. The summed E-state index contributed by atoms with van der Waals surface area (Å²) in [6.07, 6.45) is 2.09. The standard InChI is InChI=1S/C32H26F4N6O2/c1-21(37)25-10-7-24(8-11-25)18-44-27-4-2-3-22(15-27)5-6-23-9-14-30(38-17-23)32(35,36)31(43,19-42-20-39-40-41-42)28-13-12-26(33)16-29(28)34/h2-4,7-17,20-21,43H,18-19,37H2,1H3. The van der Waals surface area contributed by atoms with Gasteiger partial charge in [-0.3, -0.25) is 4.98 Å².